The second-order valence-electron chi connectivity index (χ2n) is 5.88. The van der Waals surface area contributed by atoms with Gasteiger partial charge in [-0.25, -0.2) is 0 Å². The van der Waals surface area contributed by atoms with Crippen LogP contribution in [0.1, 0.15) is 58.8 Å². The van der Waals surface area contributed by atoms with Crippen LogP contribution in [0.5, 0.6) is 0 Å². The van der Waals surface area contributed by atoms with Gasteiger partial charge in [0.15, 0.2) is 0 Å². The standard InChI is InChI=1S/C17H33N3O/c1-7-11-18-16(17(5,9-3)21-6)13-15-12-14(8-2)19-20(15)10-4/h12,16,18H,7-11,13H2,1-6H3. The summed E-state index contributed by atoms with van der Waals surface area (Å²) >= 11 is 0. The summed E-state index contributed by atoms with van der Waals surface area (Å²) in [7, 11) is 1.82. The molecule has 1 N–H and O–H groups in total. The maximum atomic E-state index is 5.83. The first kappa shape index (κ1) is 18.2. The largest absolute Gasteiger partial charge is 0.377 e. The Bertz CT molecular complexity index is 410. The van der Waals surface area contributed by atoms with Gasteiger partial charge in [0, 0.05) is 31.8 Å². The highest BCUT2D eigenvalue weighted by Crippen LogP contribution is 2.23. The van der Waals surface area contributed by atoms with Crippen molar-refractivity contribution in [2.75, 3.05) is 13.7 Å². The van der Waals surface area contributed by atoms with Gasteiger partial charge >= 0.3 is 0 Å². The summed E-state index contributed by atoms with van der Waals surface area (Å²) in [5, 5.41) is 8.34. The van der Waals surface area contributed by atoms with Crippen molar-refractivity contribution in [1.29, 1.82) is 0 Å². The van der Waals surface area contributed by atoms with Gasteiger partial charge in [0.1, 0.15) is 0 Å². The van der Waals surface area contributed by atoms with Gasteiger partial charge in [-0.2, -0.15) is 5.10 Å². The quantitative estimate of drug-likeness (QED) is 0.720. The highest BCUT2D eigenvalue weighted by Gasteiger charge is 2.33. The molecule has 2 atom stereocenters. The number of aryl methyl sites for hydroxylation is 2. The van der Waals surface area contributed by atoms with E-state index in [1.165, 1.54) is 11.4 Å². The predicted octanol–water partition coefficient (Wildman–Crippen LogP) is 3.19. The van der Waals surface area contributed by atoms with Crippen LogP contribution in [0.4, 0.5) is 0 Å². The number of hydrogen-bond acceptors (Lipinski definition) is 3. The molecule has 0 amide bonds. The molecule has 122 valence electrons. The van der Waals surface area contributed by atoms with Gasteiger partial charge in [-0.3, -0.25) is 4.68 Å². The van der Waals surface area contributed by atoms with Gasteiger partial charge < -0.3 is 10.1 Å². The third-order valence-electron chi connectivity index (χ3n) is 4.54. The summed E-state index contributed by atoms with van der Waals surface area (Å²) in [6, 6.07) is 2.55. The minimum Gasteiger partial charge on any atom is -0.377 e. The lowest BCUT2D eigenvalue weighted by molar-refractivity contribution is -0.0291. The number of aromatic nitrogens is 2. The van der Waals surface area contributed by atoms with Gasteiger partial charge in [-0.1, -0.05) is 20.8 Å². The molecular formula is C17H33N3O. The molecule has 0 aliphatic heterocycles. The summed E-state index contributed by atoms with van der Waals surface area (Å²) in [5.41, 5.74) is 2.33. The average molecular weight is 295 g/mol. The highest BCUT2D eigenvalue weighted by molar-refractivity contribution is 5.13. The fourth-order valence-corrected chi connectivity index (χ4v) is 2.69. The molecule has 2 unspecified atom stereocenters. The summed E-state index contributed by atoms with van der Waals surface area (Å²) in [6.45, 7) is 12.8. The van der Waals surface area contributed by atoms with Crippen LogP contribution in [0.2, 0.25) is 0 Å². The normalized spacial score (nSPS) is 15.9. The van der Waals surface area contributed by atoms with Gasteiger partial charge in [0.05, 0.1) is 11.3 Å². The first-order valence-electron chi connectivity index (χ1n) is 8.38. The third kappa shape index (κ3) is 4.55. The Hall–Kier alpha value is -0.870. The van der Waals surface area contributed by atoms with Crippen LogP contribution in [0, 0.1) is 0 Å². The molecule has 1 aromatic rings. The lowest BCUT2D eigenvalue weighted by Gasteiger charge is -2.36. The van der Waals surface area contributed by atoms with Crippen LogP contribution in [0.15, 0.2) is 6.07 Å². The minimum absolute atomic E-state index is 0.148. The van der Waals surface area contributed by atoms with Crippen molar-refractivity contribution >= 4 is 0 Å². The molecule has 1 aromatic heterocycles. The zero-order valence-electron chi connectivity index (χ0n) is 14.7. The van der Waals surface area contributed by atoms with Crippen LogP contribution in [0.25, 0.3) is 0 Å². The molecule has 1 heterocycles. The van der Waals surface area contributed by atoms with E-state index in [9.17, 15) is 0 Å². The summed E-state index contributed by atoms with van der Waals surface area (Å²) in [6.07, 6.45) is 4.07. The monoisotopic (exact) mass is 295 g/mol. The minimum atomic E-state index is -0.148. The van der Waals surface area contributed by atoms with E-state index >= 15 is 0 Å². The molecule has 0 aliphatic carbocycles. The van der Waals surface area contributed by atoms with Crippen LogP contribution in [0.3, 0.4) is 0 Å². The Balaban J connectivity index is 2.97. The van der Waals surface area contributed by atoms with Crippen molar-refractivity contribution in [1.82, 2.24) is 15.1 Å². The van der Waals surface area contributed by atoms with Crippen LogP contribution < -0.4 is 5.32 Å². The van der Waals surface area contributed by atoms with Crippen molar-refractivity contribution in [3.05, 3.63) is 17.5 Å². The zero-order chi connectivity index (χ0) is 15.9. The van der Waals surface area contributed by atoms with Crippen LogP contribution >= 0.6 is 0 Å². The number of nitrogens with one attached hydrogen (secondary N) is 1. The fraction of sp³-hybridized carbons (Fsp3) is 0.824. The Morgan fingerprint density at radius 3 is 2.52 bits per heavy atom. The van der Waals surface area contributed by atoms with Gasteiger partial charge in [0.25, 0.3) is 0 Å². The molecule has 0 radical (unpaired) electrons. The second-order valence-corrected chi connectivity index (χ2v) is 5.88. The summed E-state index contributed by atoms with van der Waals surface area (Å²) < 4.78 is 7.96. The topological polar surface area (TPSA) is 39.1 Å². The smallest absolute Gasteiger partial charge is 0.0804 e. The number of nitrogens with zero attached hydrogens (tertiary/aromatic N) is 2. The summed E-state index contributed by atoms with van der Waals surface area (Å²) in [4.78, 5) is 0. The Labute approximate surface area is 130 Å². The maximum absolute atomic E-state index is 5.83. The highest BCUT2D eigenvalue weighted by atomic mass is 16.5. The molecule has 0 saturated heterocycles. The SMILES string of the molecule is CCCNC(Cc1cc(CC)nn1CC)C(C)(CC)OC. The molecule has 0 spiro atoms. The molecule has 0 bridgehead atoms. The van der Waals surface area contributed by atoms with Crippen molar-refractivity contribution in [3.8, 4) is 0 Å². The number of rotatable bonds is 10. The van der Waals surface area contributed by atoms with E-state index in [-0.39, 0.29) is 5.60 Å². The fourth-order valence-electron chi connectivity index (χ4n) is 2.69. The molecule has 0 saturated carbocycles. The predicted molar refractivity (Wildman–Crippen MR) is 88.8 cm³/mol. The van der Waals surface area contributed by atoms with E-state index in [1.807, 2.05) is 7.11 Å². The van der Waals surface area contributed by atoms with Crippen molar-refractivity contribution in [2.45, 2.75) is 78.5 Å². The molecule has 1 rings (SSSR count). The number of methoxy groups -OCH3 is 1. The molecule has 4 heteroatoms. The molecule has 21 heavy (non-hydrogen) atoms. The first-order valence-corrected chi connectivity index (χ1v) is 8.38. The van der Waals surface area contributed by atoms with Crippen LogP contribution in [-0.2, 0) is 24.1 Å². The lowest BCUT2D eigenvalue weighted by atomic mass is 9.89. The first-order chi connectivity index (χ1) is 10.0. The van der Waals surface area contributed by atoms with Crippen molar-refractivity contribution < 1.29 is 4.74 Å². The molecule has 0 aliphatic rings. The van der Waals surface area contributed by atoms with E-state index in [0.29, 0.717) is 6.04 Å². The van der Waals surface area contributed by atoms with Crippen molar-refractivity contribution in [3.63, 3.8) is 0 Å². The average Bonchev–Trinajstić information content (AvgIpc) is 2.92. The van der Waals surface area contributed by atoms with Crippen LogP contribution in [-0.4, -0.2) is 35.1 Å². The molecule has 4 nitrogen and oxygen atoms in total. The van der Waals surface area contributed by atoms with E-state index in [0.717, 1.165) is 38.8 Å². The van der Waals surface area contributed by atoms with Gasteiger partial charge in [-0.05, 0) is 45.7 Å². The maximum Gasteiger partial charge on any atom is 0.0804 e. The Morgan fingerprint density at radius 2 is 2.05 bits per heavy atom. The Kier molecular flexibility index (Phi) is 7.40. The van der Waals surface area contributed by atoms with E-state index in [1.54, 1.807) is 0 Å². The van der Waals surface area contributed by atoms with E-state index in [4.69, 9.17) is 4.74 Å². The van der Waals surface area contributed by atoms with Gasteiger partial charge in [-0.15, -0.1) is 0 Å². The number of ether oxygens (including phenoxy) is 1. The Morgan fingerprint density at radius 1 is 1.33 bits per heavy atom. The number of hydrogen-bond donors (Lipinski definition) is 1. The van der Waals surface area contributed by atoms with E-state index < -0.39 is 0 Å². The third-order valence-corrected chi connectivity index (χ3v) is 4.54. The molecular weight excluding hydrogens is 262 g/mol. The second kappa shape index (κ2) is 8.54. The van der Waals surface area contributed by atoms with E-state index in [2.05, 4.69) is 55.8 Å². The van der Waals surface area contributed by atoms with Gasteiger partial charge in [0.2, 0.25) is 0 Å². The zero-order valence-corrected chi connectivity index (χ0v) is 14.7. The summed E-state index contributed by atoms with van der Waals surface area (Å²) in [5.74, 6) is 0. The lowest BCUT2D eigenvalue weighted by Crippen LogP contribution is -2.51. The van der Waals surface area contributed by atoms with Crippen molar-refractivity contribution in [2.24, 2.45) is 0 Å². The molecule has 0 fully saturated rings. The molecule has 0 aromatic carbocycles.